The smallest absolute Gasteiger partial charge is 0.243 e. The number of amides is 2. The number of hydrogen-bond donors (Lipinski definition) is 3. The van der Waals surface area contributed by atoms with Crippen molar-refractivity contribution in [2.75, 3.05) is 25.4 Å². The van der Waals surface area contributed by atoms with Gasteiger partial charge in [-0.1, -0.05) is 12.1 Å². The lowest BCUT2D eigenvalue weighted by Crippen LogP contribution is -2.58. The Morgan fingerprint density at radius 2 is 2.19 bits per heavy atom. The molecule has 21 heavy (non-hydrogen) atoms. The molecule has 114 valence electrons. The molecule has 7 nitrogen and oxygen atoms in total. The van der Waals surface area contributed by atoms with Crippen LogP contribution in [0.25, 0.3) is 0 Å². The van der Waals surface area contributed by atoms with Crippen LogP contribution in [0.5, 0.6) is 5.75 Å². The van der Waals surface area contributed by atoms with Gasteiger partial charge < -0.3 is 15.6 Å². The SMILES string of the molecule is CC1C(=O)NC(=O)CN1CC(O)COc1ccccc1N. The number of aliphatic hydroxyl groups is 1. The number of nitrogens with two attached hydrogens (primary N) is 1. The second kappa shape index (κ2) is 6.55. The second-order valence-electron chi connectivity index (χ2n) is 5.02. The van der Waals surface area contributed by atoms with Crippen molar-refractivity contribution in [1.82, 2.24) is 10.2 Å². The first-order valence-corrected chi connectivity index (χ1v) is 6.70. The van der Waals surface area contributed by atoms with Crippen LogP contribution in [0.2, 0.25) is 0 Å². The first-order chi connectivity index (χ1) is 9.97. The molecule has 0 aromatic heterocycles. The molecule has 1 heterocycles. The molecule has 4 N–H and O–H groups in total. The van der Waals surface area contributed by atoms with E-state index < -0.39 is 12.1 Å². The fourth-order valence-electron chi connectivity index (χ4n) is 2.11. The Labute approximate surface area is 122 Å². The van der Waals surface area contributed by atoms with Crippen molar-refractivity contribution < 1.29 is 19.4 Å². The molecule has 2 atom stereocenters. The van der Waals surface area contributed by atoms with Crippen molar-refractivity contribution in [2.24, 2.45) is 0 Å². The van der Waals surface area contributed by atoms with Gasteiger partial charge in [0.05, 0.1) is 18.3 Å². The molecule has 1 aromatic rings. The van der Waals surface area contributed by atoms with Crippen LogP contribution in [0.1, 0.15) is 6.92 Å². The number of carbonyl (C=O) groups is 2. The molecule has 1 fully saturated rings. The number of imide groups is 1. The van der Waals surface area contributed by atoms with E-state index in [1.807, 2.05) is 0 Å². The summed E-state index contributed by atoms with van der Waals surface area (Å²) in [5, 5.41) is 12.2. The van der Waals surface area contributed by atoms with Crippen LogP contribution < -0.4 is 15.8 Å². The van der Waals surface area contributed by atoms with Gasteiger partial charge in [-0.3, -0.25) is 19.8 Å². The molecule has 7 heteroatoms. The predicted molar refractivity (Wildman–Crippen MR) is 76.5 cm³/mol. The Morgan fingerprint density at radius 1 is 1.48 bits per heavy atom. The van der Waals surface area contributed by atoms with Gasteiger partial charge in [0.1, 0.15) is 18.5 Å². The summed E-state index contributed by atoms with van der Waals surface area (Å²) in [7, 11) is 0. The largest absolute Gasteiger partial charge is 0.489 e. The summed E-state index contributed by atoms with van der Waals surface area (Å²) in [5.74, 6) is -0.220. The highest BCUT2D eigenvalue weighted by atomic mass is 16.5. The molecule has 0 bridgehead atoms. The van der Waals surface area contributed by atoms with Gasteiger partial charge in [-0.15, -0.1) is 0 Å². The average molecular weight is 293 g/mol. The van der Waals surface area contributed by atoms with Crippen molar-refractivity contribution in [3.63, 3.8) is 0 Å². The van der Waals surface area contributed by atoms with Gasteiger partial charge in [0.25, 0.3) is 0 Å². The number of nitrogens with zero attached hydrogens (tertiary/aromatic N) is 1. The van der Waals surface area contributed by atoms with Crippen molar-refractivity contribution in [3.8, 4) is 5.75 Å². The summed E-state index contributed by atoms with van der Waals surface area (Å²) in [6.45, 7) is 1.97. The van der Waals surface area contributed by atoms with E-state index >= 15 is 0 Å². The first-order valence-electron chi connectivity index (χ1n) is 6.70. The molecule has 0 radical (unpaired) electrons. The molecule has 1 saturated heterocycles. The topological polar surface area (TPSA) is 105 Å². The van der Waals surface area contributed by atoms with Crippen LogP contribution >= 0.6 is 0 Å². The number of nitrogens with one attached hydrogen (secondary N) is 1. The number of aliphatic hydroxyl groups excluding tert-OH is 1. The lowest BCUT2D eigenvalue weighted by Gasteiger charge is -2.32. The van der Waals surface area contributed by atoms with Crippen molar-refractivity contribution in [1.29, 1.82) is 0 Å². The van der Waals surface area contributed by atoms with Crippen LogP contribution in [-0.2, 0) is 9.59 Å². The van der Waals surface area contributed by atoms with Crippen molar-refractivity contribution in [3.05, 3.63) is 24.3 Å². The molecule has 0 spiro atoms. The number of nitrogen functional groups attached to an aromatic ring is 1. The van der Waals surface area contributed by atoms with E-state index in [4.69, 9.17) is 10.5 Å². The molecule has 1 aromatic carbocycles. The van der Waals surface area contributed by atoms with Crippen LogP contribution in [-0.4, -0.2) is 53.7 Å². The number of carbonyl (C=O) groups excluding carboxylic acids is 2. The summed E-state index contributed by atoms with van der Waals surface area (Å²) in [6, 6.07) is 6.53. The van der Waals surface area contributed by atoms with E-state index in [0.717, 1.165) is 0 Å². The highest BCUT2D eigenvalue weighted by Crippen LogP contribution is 2.19. The van der Waals surface area contributed by atoms with Gasteiger partial charge in [-0.2, -0.15) is 0 Å². The van der Waals surface area contributed by atoms with Crippen LogP contribution in [0, 0.1) is 0 Å². The third kappa shape index (κ3) is 3.93. The number of anilines is 1. The molecule has 2 rings (SSSR count). The summed E-state index contributed by atoms with van der Waals surface area (Å²) in [5.41, 5.74) is 6.23. The van der Waals surface area contributed by atoms with E-state index in [-0.39, 0.29) is 31.5 Å². The molecular weight excluding hydrogens is 274 g/mol. The minimum Gasteiger partial charge on any atom is -0.489 e. The lowest BCUT2D eigenvalue weighted by molar-refractivity contribution is -0.140. The Morgan fingerprint density at radius 3 is 2.90 bits per heavy atom. The molecule has 1 aliphatic heterocycles. The molecule has 2 unspecified atom stereocenters. The maximum absolute atomic E-state index is 11.5. The Kier molecular flexibility index (Phi) is 4.77. The van der Waals surface area contributed by atoms with Crippen LogP contribution in [0.4, 0.5) is 5.69 Å². The molecule has 0 aliphatic carbocycles. The molecule has 1 aliphatic rings. The Bertz CT molecular complexity index is 535. The summed E-state index contributed by atoms with van der Waals surface area (Å²) in [4.78, 5) is 24.5. The highest BCUT2D eigenvalue weighted by Gasteiger charge is 2.31. The molecular formula is C14H19N3O4. The Hall–Kier alpha value is -2.12. The van der Waals surface area contributed by atoms with E-state index in [2.05, 4.69) is 5.32 Å². The third-order valence-corrected chi connectivity index (χ3v) is 3.33. The van der Waals surface area contributed by atoms with E-state index in [9.17, 15) is 14.7 Å². The standard InChI is InChI=1S/C14H19N3O4/c1-9-14(20)16-13(19)7-17(9)6-10(18)8-21-12-5-3-2-4-11(12)15/h2-5,9-10,18H,6-8,15H2,1H3,(H,16,19,20). The quantitative estimate of drug-likeness (QED) is 0.492. The Balaban J connectivity index is 1.87. The number of benzene rings is 1. The zero-order valence-electron chi connectivity index (χ0n) is 11.8. The van der Waals surface area contributed by atoms with Gasteiger partial charge in [0, 0.05) is 6.54 Å². The van der Waals surface area contributed by atoms with E-state index in [1.165, 1.54) is 0 Å². The number of ether oxygens (including phenoxy) is 1. The normalized spacial score (nSPS) is 21.0. The molecule has 0 saturated carbocycles. The maximum Gasteiger partial charge on any atom is 0.243 e. The average Bonchev–Trinajstić information content (AvgIpc) is 2.43. The third-order valence-electron chi connectivity index (χ3n) is 3.33. The van der Waals surface area contributed by atoms with Crippen molar-refractivity contribution in [2.45, 2.75) is 19.1 Å². The number of hydrogen-bond acceptors (Lipinski definition) is 6. The summed E-state index contributed by atoms with van der Waals surface area (Å²) >= 11 is 0. The zero-order chi connectivity index (χ0) is 15.4. The number of β-amino-alcohol motifs (C(OH)–C–C–N with tert-alkyl or cyclic N) is 1. The number of para-hydroxylation sites is 2. The second-order valence-corrected chi connectivity index (χ2v) is 5.02. The van der Waals surface area contributed by atoms with Crippen LogP contribution in [0.15, 0.2) is 24.3 Å². The highest BCUT2D eigenvalue weighted by molar-refractivity contribution is 6.00. The molecule has 2 amide bonds. The number of rotatable bonds is 5. The summed E-state index contributed by atoms with van der Waals surface area (Å²) < 4.78 is 5.44. The zero-order valence-corrected chi connectivity index (χ0v) is 11.8. The summed E-state index contributed by atoms with van der Waals surface area (Å²) in [6.07, 6.45) is -0.828. The fraction of sp³-hybridized carbons (Fsp3) is 0.429. The lowest BCUT2D eigenvalue weighted by atomic mass is 10.2. The van der Waals surface area contributed by atoms with Gasteiger partial charge >= 0.3 is 0 Å². The maximum atomic E-state index is 11.5. The van der Waals surface area contributed by atoms with E-state index in [0.29, 0.717) is 11.4 Å². The van der Waals surface area contributed by atoms with Gasteiger partial charge in [0.2, 0.25) is 11.8 Å². The van der Waals surface area contributed by atoms with Gasteiger partial charge in [0.15, 0.2) is 0 Å². The monoisotopic (exact) mass is 293 g/mol. The number of piperazine rings is 1. The minimum atomic E-state index is -0.828. The van der Waals surface area contributed by atoms with Crippen molar-refractivity contribution >= 4 is 17.5 Å². The minimum absolute atomic E-state index is 0.0350. The van der Waals surface area contributed by atoms with Gasteiger partial charge in [-0.25, -0.2) is 0 Å². The fourth-order valence-corrected chi connectivity index (χ4v) is 2.11. The van der Waals surface area contributed by atoms with Gasteiger partial charge in [-0.05, 0) is 19.1 Å². The van der Waals surface area contributed by atoms with E-state index in [1.54, 1.807) is 36.1 Å². The first kappa shape index (κ1) is 15.3. The predicted octanol–water partition coefficient (Wildman–Crippen LogP) is -0.645. The van der Waals surface area contributed by atoms with Crippen LogP contribution in [0.3, 0.4) is 0 Å².